The third-order valence-corrected chi connectivity index (χ3v) is 7.89. The van der Waals surface area contributed by atoms with E-state index in [2.05, 4.69) is 52.3 Å². The first-order chi connectivity index (χ1) is 17.0. The summed E-state index contributed by atoms with van der Waals surface area (Å²) in [5.41, 5.74) is 3.63. The third kappa shape index (κ3) is 2.71. The Bertz CT molecular complexity index is 1580. The van der Waals surface area contributed by atoms with Gasteiger partial charge < -0.3 is 0 Å². The number of nitrogens with zero attached hydrogens (tertiary/aromatic N) is 4. The van der Waals surface area contributed by atoms with E-state index in [0.29, 0.717) is 43.1 Å². The molecule has 2 aromatic carbocycles. The van der Waals surface area contributed by atoms with E-state index in [1.54, 1.807) is 27.7 Å². The van der Waals surface area contributed by atoms with Gasteiger partial charge in [0.15, 0.2) is 0 Å². The van der Waals surface area contributed by atoms with Crippen molar-refractivity contribution in [2.45, 2.75) is 27.7 Å². The lowest BCUT2D eigenvalue weighted by atomic mass is 9.85. The number of anilines is 2. The van der Waals surface area contributed by atoms with Gasteiger partial charge in [-0.1, -0.05) is 0 Å². The topological polar surface area (TPSA) is 132 Å². The zero-order chi connectivity index (χ0) is 25.8. The Morgan fingerprint density at radius 1 is 0.639 bits per heavy atom. The molecule has 0 saturated carbocycles. The molecule has 4 amide bonds. The Balaban J connectivity index is 1.68. The monoisotopic (exact) mass is 610 g/mol. The standard InChI is InChI=1S/C24H16Br2N6O4/c1-7-19(8(2)28-27-7)31-21(33)11-5-14(26)18-16-12(6-13(25)17(15(11)16)23(31)35)22(34)32(24(18)36)20-9(3)29-30-10(20)4/h5-6H,1-4H3,(H,27,28)(H,29,30). The first kappa shape index (κ1) is 22.8. The van der Waals surface area contributed by atoms with Gasteiger partial charge in [-0.2, -0.15) is 10.2 Å². The van der Waals surface area contributed by atoms with Crippen molar-refractivity contribution in [1.29, 1.82) is 0 Å². The minimum Gasteiger partial charge on any atom is -0.280 e. The molecule has 4 heterocycles. The Morgan fingerprint density at radius 2 is 1.00 bits per heavy atom. The lowest BCUT2D eigenvalue weighted by Crippen LogP contribution is -2.44. The molecule has 0 radical (unpaired) electrons. The summed E-state index contributed by atoms with van der Waals surface area (Å²) in [4.78, 5) is 57.2. The Labute approximate surface area is 220 Å². The Morgan fingerprint density at radius 3 is 1.31 bits per heavy atom. The maximum atomic E-state index is 13.8. The quantitative estimate of drug-likeness (QED) is 0.317. The van der Waals surface area contributed by atoms with Crippen molar-refractivity contribution < 1.29 is 19.2 Å². The molecular weight excluding hydrogens is 596 g/mol. The number of hydrogen-bond acceptors (Lipinski definition) is 6. The Hall–Kier alpha value is -3.64. The van der Waals surface area contributed by atoms with Crippen molar-refractivity contribution in [3.63, 3.8) is 0 Å². The van der Waals surface area contributed by atoms with Gasteiger partial charge in [0, 0.05) is 19.7 Å². The molecule has 2 aromatic heterocycles. The van der Waals surface area contributed by atoms with Crippen LogP contribution in [0.25, 0.3) is 10.8 Å². The molecule has 4 aromatic rings. The molecule has 0 aliphatic carbocycles. The van der Waals surface area contributed by atoms with Gasteiger partial charge >= 0.3 is 0 Å². The SMILES string of the molecule is Cc1n[nH]c(C)c1N1C(=O)c2cc(Br)c3c4c(cc(Br)c(c24)C1=O)C(=O)N(c1c(C)n[nH]c1C)C3=O. The van der Waals surface area contributed by atoms with E-state index >= 15 is 0 Å². The summed E-state index contributed by atoms with van der Waals surface area (Å²) < 4.78 is 0.674. The second-order valence-corrected chi connectivity index (χ2v) is 10.5. The molecule has 180 valence electrons. The number of carbonyl (C=O) groups is 4. The average Bonchev–Trinajstić information content (AvgIpc) is 3.32. The highest BCUT2D eigenvalue weighted by Gasteiger charge is 2.44. The third-order valence-electron chi connectivity index (χ3n) is 6.64. The van der Waals surface area contributed by atoms with Crippen molar-refractivity contribution in [2.75, 3.05) is 9.80 Å². The van der Waals surface area contributed by atoms with E-state index < -0.39 is 23.6 Å². The molecule has 0 unspecified atom stereocenters. The smallest absolute Gasteiger partial charge is 0.267 e. The summed E-state index contributed by atoms with van der Waals surface area (Å²) in [6, 6.07) is 3.07. The largest absolute Gasteiger partial charge is 0.280 e. The molecule has 2 aliphatic heterocycles. The fourth-order valence-electron chi connectivity index (χ4n) is 5.13. The predicted octanol–water partition coefficient (Wildman–Crippen LogP) is 4.65. The Kier molecular flexibility index (Phi) is 4.71. The zero-order valence-electron chi connectivity index (χ0n) is 19.3. The molecule has 10 nitrogen and oxygen atoms in total. The summed E-state index contributed by atoms with van der Waals surface area (Å²) in [7, 11) is 0. The van der Waals surface area contributed by atoms with E-state index in [-0.39, 0.29) is 33.0 Å². The van der Waals surface area contributed by atoms with Gasteiger partial charge in [0.25, 0.3) is 23.6 Å². The van der Waals surface area contributed by atoms with Crippen molar-refractivity contribution in [3.8, 4) is 0 Å². The lowest BCUT2D eigenvalue weighted by Gasteiger charge is -2.33. The zero-order valence-corrected chi connectivity index (χ0v) is 22.5. The number of H-pyrrole nitrogens is 2. The lowest BCUT2D eigenvalue weighted by molar-refractivity contribution is 0.0872. The number of amides is 4. The summed E-state index contributed by atoms with van der Waals surface area (Å²) in [6.45, 7) is 6.85. The molecule has 0 fully saturated rings. The second kappa shape index (κ2) is 7.43. The number of hydrogen-bond donors (Lipinski definition) is 2. The second-order valence-electron chi connectivity index (χ2n) is 8.77. The predicted molar refractivity (Wildman–Crippen MR) is 138 cm³/mol. The molecule has 0 spiro atoms. The van der Waals surface area contributed by atoms with Gasteiger partial charge in [0.05, 0.1) is 56.4 Å². The van der Waals surface area contributed by atoms with E-state index in [0.717, 1.165) is 9.80 Å². The van der Waals surface area contributed by atoms with E-state index in [9.17, 15) is 19.2 Å². The molecule has 36 heavy (non-hydrogen) atoms. The van der Waals surface area contributed by atoms with Crippen LogP contribution in [0.3, 0.4) is 0 Å². The van der Waals surface area contributed by atoms with Crippen molar-refractivity contribution in [3.05, 3.63) is 66.1 Å². The van der Waals surface area contributed by atoms with Gasteiger partial charge in [-0.25, -0.2) is 9.80 Å². The molecule has 12 heteroatoms. The molecular formula is C24H16Br2N6O4. The number of aromatic nitrogens is 4. The number of imide groups is 2. The molecule has 6 rings (SSSR count). The number of benzene rings is 2. The van der Waals surface area contributed by atoms with Crippen LogP contribution in [0.2, 0.25) is 0 Å². The highest BCUT2D eigenvalue weighted by molar-refractivity contribution is 9.10. The van der Waals surface area contributed by atoms with Crippen molar-refractivity contribution in [1.82, 2.24) is 20.4 Å². The van der Waals surface area contributed by atoms with Crippen molar-refractivity contribution >= 4 is 77.6 Å². The number of rotatable bonds is 2. The average molecular weight is 612 g/mol. The maximum absolute atomic E-state index is 13.8. The van der Waals surface area contributed by atoms with Crippen LogP contribution in [0.15, 0.2) is 21.1 Å². The number of aryl methyl sites for hydroxylation is 4. The van der Waals surface area contributed by atoms with Crippen LogP contribution in [0.5, 0.6) is 0 Å². The van der Waals surface area contributed by atoms with Crippen LogP contribution in [0.4, 0.5) is 11.4 Å². The van der Waals surface area contributed by atoms with Crippen LogP contribution >= 0.6 is 31.9 Å². The van der Waals surface area contributed by atoms with Gasteiger partial charge in [0.1, 0.15) is 0 Å². The van der Waals surface area contributed by atoms with E-state index in [1.165, 1.54) is 12.1 Å². The van der Waals surface area contributed by atoms with Gasteiger partial charge in [-0.05, 0) is 71.7 Å². The fraction of sp³-hybridized carbons (Fsp3) is 0.167. The molecule has 2 N–H and O–H groups in total. The van der Waals surface area contributed by atoms with E-state index in [4.69, 9.17) is 0 Å². The normalized spacial score (nSPS) is 15.1. The highest BCUT2D eigenvalue weighted by atomic mass is 79.9. The summed E-state index contributed by atoms with van der Waals surface area (Å²) in [5, 5.41) is 14.4. The molecule has 0 bridgehead atoms. The minimum atomic E-state index is -0.573. The molecule has 2 aliphatic rings. The van der Waals surface area contributed by atoms with E-state index in [1.807, 2.05) is 0 Å². The van der Waals surface area contributed by atoms with Crippen LogP contribution in [-0.2, 0) is 0 Å². The summed E-state index contributed by atoms with van der Waals surface area (Å²) in [6.07, 6.45) is 0. The number of carbonyl (C=O) groups excluding carboxylic acids is 4. The van der Waals surface area contributed by atoms with Crippen molar-refractivity contribution in [2.24, 2.45) is 0 Å². The van der Waals surface area contributed by atoms with Gasteiger partial charge in [0.2, 0.25) is 0 Å². The molecule has 0 atom stereocenters. The van der Waals surface area contributed by atoms with Crippen LogP contribution in [0, 0.1) is 27.7 Å². The van der Waals surface area contributed by atoms with Gasteiger partial charge in [-0.15, -0.1) is 0 Å². The fourth-order valence-corrected chi connectivity index (χ4v) is 6.32. The van der Waals surface area contributed by atoms with Crippen LogP contribution in [0.1, 0.15) is 64.2 Å². The summed E-state index contributed by atoms with van der Waals surface area (Å²) in [5.74, 6) is -2.29. The summed E-state index contributed by atoms with van der Waals surface area (Å²) >= 11 is 6.93. The minimum absolute atomic E-state index is 0.196. The van der Waals surface area contributed by atoms with Crippen LogP contribution < -0.4 is 9.80 Å². The maximum Gasteiger partial charge on any atom is 0.267 e. The first-order valence-electron chi connectivity index (χ1n) is 10.8. The van der Waals surface area contributed by atoms with Crippen LogP contribution in [-0.4, -0.2) is 44.0 Å². The molecule has 0 saturated heterocycles. The number of nitrogens with one attached hydrogen (secondary N) is 2. The van der Waals surface area contributed by atoms with Gasteiger partial charge in [-0.3, -0.25) is 29.4 Å². The number of aromatic amines is 2. The number of halogens is 2. The first-order valence-corrected chi connectivity index (χ1v) is 12.4. The highest BCUT2D eigenvalue weighted by Crippen LogP contribution is 2.46.